The number of hydrogen-bond acceptors (Lipinski definition) is 5. The van der Waals surface area contributed by atoms with Crippen LogP contribution in [-0.4, -0.2) is 37.4 Å². The van der Waals surface area contributed by atoms with Crippen molar-refractivity contribution in [2.75, 3.05) is 23.0 Å². The number of rotatable bonds is 4. The van der Waals surface area contributed by atoms with E-state index in [0.29, 0.717) is 13.0 Å². The molecule has 19 heavy (non-hydrogen) atoms. The zero-order valence-corrected chi connectivity index (χ0v) is 11.5. The van der Waals surface area contributed by atoms with E-state index in [1.54, 1.807) is 12.1 Å². The van der Waals surface area contributed by atoms with Gasteiger partial charge in [-0.2, -0.15) is 0 Å². The number of hydrogen-bond donors (Lipinski definition) is 0. The Hall–Kier alpha value is -1.63. The Balaban J connectivity index is 2.20. The first kappa shape index (κ1) is 13.8. The van der Waals surface area contributed by atoms with Crippen LogP contribution in [0.25, 0.3) is 0 Å². The molecule has 1 atom stereocenters. The van der Waals surface area contributed by atoms with Gasteiger partial charge in [0.25, 0.3) is 5.69 Å². The zero-order chi connectivity index (χ0) is 14.0. The molecule has 0 aromatic heterocycles. The highest BCUT2D eigenvalue weighted by Gasteiger charge is 2.31. The average Bonchev–Trinajstić information content (AvgIpc) is 2.71. The lowest BCUT2D eigenvalue weighted by Crippen LogP contribution is -2.36. The number of sulfone groups is 1. The van der Waals surface area contributed by atoms with Crippen LogP contribution in [0.2, 0.25) is 0 Å². The Kier molecular flexibility index (Phi) is 3.75. The van der Waals surface area contributed by atoms with Crippen molar-refractivity contribution in [3.63, 3.8) is 0 Å². The molecule has 1 heterocycles. The van der Waals surface area contributed by atoms with Crippen LogP contribution in [0, 0.1) is 10.1 Å². The summed E-state index contributed by atoms with van der Waals surface area (Å²) in [5.41, 5.74) is 0.869. The van der Waals surface area contributed by atoms with Crippen LogP contribution in [0.4, 0.5) is 11.4 Å². The molecule has 0 N–H and O–H groups in total. The largest absolute Gasteiger partial charge is 0.368 e. The zero-order valence-electron chi connectivity index (χ0n) is 10.7. The van der Waals surface area contributed by atoms with Crippen LogP contribution in [0.5, 0.6) is 0 Å². The molecule has 1 aliphatic heterocycles. The molecule has 1 aromatic rings. The van der Waals surface area contributed by atoms with Gasteiger partial charge in [-0.15, -0.1) is 0 Å². The van der Waals surface area contributed by atoms with E-state index in [0.717, 1.165) is 5.69 Å². The lowest BCUT2D eigenvalue weighted by Gasteiger charge is -2.29. The lowest BCUT2D eigenvalue weighted by atomic mass is 10.2. The molecule has 1 aliphatic rings. The summed E-state index contributed by atoms with van der Waals surface area (Å²) in [5, 5.41) is 10.6. The fourth-order valence-corrected chi connectivity index (χ4v) is 4.17. The van der Waals surface area contributed by atoms with Crippen molar-refractivity contribution < 1.29 is 13.3 Å². The maximum Gasteiger partial charge on any atom is 0.269 e. The van der Waals surface area contributed by atoms with Crippen LogP contribution in [0.1, 0.15) is 13.3 Å². The Morgan fingerprint density at radius 3 is 2.42 bits per heavy atom. The van der Waals surface area contributed by atoms with Gasteiger partial charge in [-0.3, -0.25) is 10.1 Å². The molecule has 0 radical (unpaired) electrons. The molecule has 0 saturated carbocycles. The van der Waals surface area contributed by atoms with Gasteiger partial charge in [0.2, 0.25) is 0 Å². The second kappa shape index (κ2) is 5.16. The maximum absolute atomic E-state index is 11.5. The van der Waals surface area contributed by atoms with Crippen LogP contribution >= 0.6 is 0 Å². The fourth-order valence-electron chi connectivity index (χ4n) is 2.44. The predicted molar refractivity (Wildman–Crippen MR) is 73.2 cm³/mol. The molecule has 1 aromatic carbocycles. The summed E-state index contributed by atoms with van der Waals surface area (Å²) in [6.45, 7) is 2.63. The Morgan fingerprint density at radius 1 is 1.37 bits per heavy atom. The van der Waals surface area contributed by atoms with Gasteiger partial charge in [-0.05, 0) is 25.5 Å². The molecule has 1 fully saturated rings. The SMILES string of the molecule is CCN(c1ccc([N+](=O)[O-])cc1)[C@@H]1CCS(=O)(=O)C1. The van der Waals surface area contributed by atoms with Gasteiger partial charge in [-0.1, -0.05) is 0 Å². The van der Waals surface area contributed by atoms with Gasteiger partial charge in [0.05, 0.1) is 16.4 Å². The minimum Gasteiger partial charge on any atom is -0.368 e. The summed E-state index contributed by atoms with van der Waals surface area (Å²) >= 11 is 0. The molecule has 6 nitrogen and oxygen atoms in total. The predicted octanol–water partition coefficient (Wildman–Crippen LogP) is 1.61. The minimum atomic E-state index is -2.93. The average molecular weight is 284 g/mol. The van der Waals surface area contributed by atoms with Crippen molar-refractivity contribution in [2.45, 2.75) is 19.4 Å². The number of non-ortho nitro benzene ring substituents is 1. The van der Waals surface area contributed by atoms with Crippen molar-refractivity contribution in [1.29, 1.82) is 0 Å². The molecule has 2 rings (SSSR count). The highest BCUT2D eigenvalue weighted by atomic mass is 32.2. The Morgan fingerprint density at radius 2 is 2.00 bits per heavy atom. The molecular weight excluding hydrogens is 268 g/mol. The summed E-state index contributed by atoms with van der Waals surface area (Å²) in [6, 6.07) is 6.21. The summed E-state index contributed by atoms with van der Waals surface area (Å²) in [5.74, 6) is 0.388. The van der Waals surface area contributed by atoms with E-state index in [1.807, 2.05) is 11.8 Å². The third-order valence-corrected chi connectivity index (χ3v) is 5.13. The highest BCUT2D eigenvalue weighted by molar-refractivity contribution is 7.91. The van der Waals surface area contributed by atoms with Crippen LogP contribution < -0.4 is 4.90 Å². The Bertz CT molecular complexity index is 568. The van der Waals surface area contributed by atoms with Gasteiger partial charge >= 0.3 is 0 Å². The third-order valence-electron chi connectivity index (χ3n) is 3.38. The van der Waals surface area contributed by atoms with E-state index in [-0.39, 0.29) is 23.2 Å². The van der Waals surface area contributed by atoms with Gasteiger partial charge in [0, 0.05) is 30.4 Å². The number of nitrogens with zero attached hydrogens (tertiary/aromatic N) is 2. The Labute approximate surface area is 112 Å². The monoisotopic (exact) mass is 284 g/mol. The fraction of sp³-hybridized carbons (Fsp3) is 0.500. The van der Waals surface area contributed by atoms with Crippen molar-refractivity contribution in [3.05, 3.63) is 34.4 Å². The quantitative estimate of drug-likeness (QED) is 0.620. The van der Waals surface area contributed by atoms with Gasteiger partial charge in [0.1, 0.15) is 0 Å². The first-order chi connectivity index (χ1) is 8.93. The highest BCUT2D eigenvalue weighted by Crippen LogP contribution is 2.25. The molecule has 0 amide bonds. The first-order valence-corrected chi connectivity index (χ1v) is 7.96. The topological polar surface area (TPSA) is 80.5 Å². The van der Waals surface area contributed by atoms with Crippen molar-refractivity contribution >= 4 is 21.2 Å². The molecule has 104 valence electrons. The van der Waals surface area contributed by atoms with E-state index in [2.05, 4.69) is 0 Å². The molecule has 0 spiro atoms. The summed E-state index contributed by atoms with van der Waals surface area (Å²) in [4.78, 5) is 12.2. The molecule has 7 heteroatoms. The van der Waals surface area contributed by atoms with E-state index in [1.165, 1.54) is 12.1 Å². The van der Waals surface area contributed by atoms with Crippen LogP contribution in [0.3, 0.4) is 0 Å². The number of nitro groups is 1. The second-order valence-corrected chi connectivity index (χ2v) is 6.85. The number of benzene rings is 1. The molecule has 1 saturated heterocycles. The molecule has 0 aliphatic carbocycles. The van der Waals surface area contributed by atoms with Gasteiger partial charge < -0.3 is 4.90 Å². The van der Waals surface area contributed by atoms with Gasteiger partial charge in [0.15, 0.2) is 9.84 Å². The number of nitro benzene ring substituents is 1. The van der Waals surface area contributed by atoms with E-state index in [9.17, 15) is 18.5 Å². The van der Waals surface area contributed by atoms with Crippen molar-refractivity contribution in [3.8, 4) is 0 Å². The minimum absolute atomic E-state index is 0.0311. The van der Waals surface area contributed by atoms with Crippen molar-refractivity contribution in [1.82, 2.24) is 0 Å². The number of anilines is 1. The lowest BCUT2D eigenvalue weighted by molar-refractivity contribution is -0.384. The van der Waals surface area contributed by atoms with E-state index < -0.39 is 14.8 Å². The summed E-state index contributed by atoms with van der Waals surface area (Å²) in [6.07, 6.45) is 0.618. The second-order valence-electron chi connectivity index (χ2n) is 4.62. The van der Waals surface area contributed by atoms with Gasteiger partial charge in [-0.25, -0.2) is 8.42 Å². The molecule has 0 unspecified atom stereocenters. The molecule has 0 bridgehead atoms. The van der Waals surface area contributed by atoms with Crippen molar-refractivity contribution in [2.24, 2.45) is 0 Å². The van der Waals surface area contributed by atoms with Crippen LogP contribution in [-0.2, 0) is 9.84 Å². The standard InChI is InChI=1S/C12H16N2O4S/c1-2-13(12-7-8-19(17,18)9-12)10-3-5-11(6-4-10)14(15)16/h3-6,12H,2,7-9H2,1H3/t12-/m1/s1. The van der Waals surface area contributed by atoms with Crippen LogP contribution in [0.15, 0.2) is 24.3 Å². The maximum atomic E-state index is 11.5. The smallest absolute Gasteiger partial charge is 0.269 e. The van der Waals surface area contributed by atoms with E-state index in [4.69, 9.17) is 0 Å². The summed E-state index contributed by atoms with van der Waals surface area (Å²) < 4.78 is 23.0. The normalized spacial score (nSPS) is 21.2. The summed E-state index contributed by atoms with van der Waals surface area (Å²) in [7, 11) is -2.93. The third kappa shape index (κ3) is 3.04. The molecular formula is C12H16N2O4S. The van der Waals surface area contributed by atoms with E-state index >= 15 is 0 Å². The first-order valence-electron chi connectivity index (χ1n) is 6.14.